The Kier molecular flexibility index (Phi) is 5.46. The van der Waals surface area contributed by atoms with Crippen molar-refractivity contribution in [3.8, 4) is 0 Å². The molecule has 2 rings (SSSR count). The summed E-state index contributed by atoms with van der Waals surface area (Å²) in [7, 11) is 0. The summed E-state index contributed by atoms with van der Waals surface area (Å²) in [5.74, 6) is 1.66. The van der Waals surface area contributed by atoms with Gasteiger partial charge >= 0.3 is 0 Å². The zero-order chi connectivity index (χ0) is 12.8. The molecule has 18 heavy (non-hydrogen) atoms. The second kappa shape index (κ2) is 6.88. The Morgan fingerprint density at radius 2 is 1.78 bits per heavy atom. The number of nitrogens with one attached hydrogen (secondary N) is 2. The van der Waals surface area contributed by atoms with Crippen LogP contribution in [0.4, 0.5) is 0 Å². The molecule has 2 fully saturated rings. The number of piperidine rings is 1. The lowest BCUT2D eigenvalue weighted by Crippen LogP contribution is -2.45. The van der Waals surface area contributed by atoms with Crippen LogP contribution in [0.15, 0.2) is 0 Å². The zero-order valence-electron chi connectivity index (χ0n) is 11.9. The van der Waals surface area contributed by atoms with Gasteiger partial charge in [0, 0.05) is 6.54 Å². The van der Waals surface area contributed by atoms with E-state index in [9.17, 15) is 5.11 Å². The third-order valence-electron chi connectivity index (χ3n) is 4.96. The van der Waals surface area contributed by atoms with E-state index < -0.39 is 5.60 Å². The van der Waals surface area contributed by atoms with E-state index in [4.69, 9.17) is 0 Å². The van der Waals surface area contributed by atoms with Gasteiger partial charge in [-0.2, -0.15) is 0 Å². The Bertz CT molecular complexity index is 231. The summed E-state index contributed by atoms with van der Waals surface area (Å²) < 4.78 is 0. The van der Waals surface area contributed by atoms with Crippen LogP contribution >= 0.6 is 0 Å². The summed E-state index contributed by atoms with van der Waals surface area (Å²) >= 11 is 0. The van der Waals surface area contributed by atoms with Crippen LogP contribution in [0, 0.1) is 11.8 Å². The van der Waals surface area contributed by atoms with E-state index in [0.717, 1.165) is 50.9 Å². The smallest absolute Gasteiger partial charge is 0.0771 e. The van der Waals surface area contributed by atoms with E-state index in [1.165, 1.54) is 32.1 Å². The lowest BCUT2D eigenvalue weighted by molar-refractivity contribution is -0.00928. The summed E-state index contributed by atoms with van der Waals surface area (Å²) in [5.41, 5.74) is -0.418. The average Bonchev–Trinajstić information content (AvgIpc) is 2.41. The van der Waals surface area contributed by atoms with Crippen LogP contribution in [0.5, 0.6) is 0 Å². The van der Waals surface area contributed by atoms with Crippen LogP contribution in [0.3, 0.4) is 0 Å². The van der Waals surface area contributed by atoms with Gasteiger partial charge in [0.15, 0.2) is 0 Å². The van der Waals surface area contributed by atoms with Gasteiger partial charge in [-0.25, -0.2) is 0 Å². The van der Waals surface area contributed by atoms with E-state index in [0.29, 0.717) is 0 Å². The Morgan fingerprint density at radius 3 is 2.39 bits per heavy atom. The van der Waals surface area contributed by atoms with Crippen molar-refractivity contribution in [2.24, 2.45) is 11.8 Å². The molecular formula is C15H30N2O. The van der Waals surface area contributed by atoms with Crippen molar-refractivity contribution < 1.29 is 5.11 Å². The molecule has 0 bridgehead atoms. The van der Waals surface area contributed by atoms with Gasteiger partial charge in [-0.1, -0.05) is 13.3 Å². The minimum Gasteiger partial charge on any atom is -0.389 e. The van der Waals surface area contributed by atoms with Gasteiger partial charge in [0.05, 0.1) is 5.60 Å². The molecule has 1 aliphatic carbocycles. The monoisotopic (exact) mass is 254 g/mol. The maximum Gasteiger partial charge on any atom is 0.0771 e. The maximum absolute atomic E-state index is 10.5. The van der Waals surface area contributed by atoms with E-state index in [1.54, 1.807) is 0 Å². The van der Waals surface area contributed by atoms with E-state index in [2.05, 4.69) is 17.6 Å². The molecule has 0 spiro atoms. The minimum absolute atomic E-state index is 0.418. The molecule has 0 radical (unpaired) electrons. The molecule has 1 aliphatic heterocycles. The highest BCUT2D eigenvalue weighted by atomic mass is 16.3. The highest BCUT2D eigenvalue weighted by molar-refractivity contribution is 4.87. The molecule has 0 unspecified atom stereocenters. The predicted octanol–water partition coefficient (Wildman–Crippen LogP) is 1.91. The first-order valence-corrected chi connectivity index (χ1v) is 7.86. The first-order valence-electron chi connectivity index (χ1n) is 7.86. The van der Waals surface area contributed by atoms with Crippen LogP contribution in [0.25, 0.3) is 0 Å². The van der Waals surface area contributed by atoms with Crippen molar-refractivity contribution >= 4 is 0 Å². The fraction of sp³-hybridized carbons (Fsp3) is 1.00. The zero-order valence-corrected chi connectivity index (χ0v) is 11.9. The van der Waals surface area contributed by atoms with Crippen LogP contribution in [-0.2, 0) is 0 Å². The van der Waals surface area contributed by atoms with Crippen LogP contribution in [0.1, 0.15) is 51.9 Å². The van der Waals surface area contributed by atoms with Crippen LogP contribution < -0.4 is 10.6 Å². The third kappa shape index (κ3) is 4.22. The molecule has 1 saturated heterocycles. The number of hydrogen-bond donors (Lipinski definition) is 3. The Balaban J connectivity index is 1.63. The van der Waals surface area contributed by atoms with Gasteiger partial charge in [0.25, 0.3) is 0 Å². The first kappa shape index (κ1) is 14.3. The van der Waals surface area contributed by atoms with E-state index >= 15 is 0 Å². The lowest BCUT2D eigenvalue weighted by atomic mass is 9.78. The summed E-state index contributed by atoms with van der Waals surface area (Å²) in [6, 6.07) is 0. The summed E-state index contributed by atoms with van der Waals surface area (Å²) in [5, 5.41) is 17.5. The van der Waals surface area contributed by atoms with Gasteiger partial charge in [-0.15, -0.1) is 0 Å². The summed E-state index contributed by atoms with van der Waals surface area (Å²) in [4.78, 5) is 0. The predicted molar refractivity (Wildman–Crippen MR) is 75.7 cm³/mol. The summed E-state index contributed by atoms with van der Waals surface area (Å²) in [6.07, 6.45) is 8.24. The molecule has 0 aromatic carbocycles. The van der Waals surface area contributed by atoms with Crippen LogP contribution in [0.2, 0.25) is 0 Å². The van der Waals surface area contributed by atoms with Crippen molar-refractivity contribution in [1.82, 2.24) is 10.6 Å². The van der Waals surface area contributed by atoms with Crippen molar-refractivity contribution in [2.45, 2.75) is 57.5 Å². The third-order valence-corrected chi connectivity index (χ3v) is 4.96. The fourth-order valence-corrected chi connectivity index (χ4v) is 3.39. The molecule has 1 saturated carbocycles. The highest BCUT2D eigenvalue weighted by Crippen LogP contribution is 2.33. The van der Waals surface area contributed by atoms with Gasteiger partial charge in [0.1, 0.15) is 0 Å². The van der Waals surface area contributed by atoms with Crippen molar-refractivity contribution in [2.75, 3.05) is 26.2 Å². The topological polar surface area (TPSA) is 44.3 Å². The molecule has 1 heterocycles. The van der Waals surface area contributed by atoms with Gasteiger partial charge < -0.3 is 15.7 Å². The molecule has 106 valence electrons. The molecule has 3 heteroatoms. The Morgan fingerprint density at radius 1 is 1.11 bits per heavy atom. The first-order chi connectivity index (χ1) is 8.72. The second-order valence-electron chi connectivity index (χ2n) is 6.40. The number of aliphatic hydroxyl groups is 1. The molecule has 3 N–H and O–H groups in total. The summed E-state index contributed by atoms with van der Waals surface area (Å²) in [6.45, 7) is 6.47. The van der Waals surface area contributed by atoms with Gasteiger partial charge in [-0.3, -0.25) is 0 Å². The highest BCUT2D eigenvalue weighted by Gasteiger charge is 2.32. The molecule has 0 atom stereocenters. The molecule has 0 aromatic heterocycles. The van der Waals surface area contributed by atoms with Gasteiger partial charge in [-0.05, 0) is 70.0 Å². The van der Waals surface area contributed by atoms with Gasteiger partial charge in [0.2, 0.25) is 0 Å². The SMILES string of the molecule is CCC1CCC(O)(CNCC2CCNCC2)CC1. The van der Waals surface area contributed by atoms with Crippen molar-refractivity contribution in [3.63, 3.8) is 0 Å². The van der Waals surface area contributed by atoms with Crippen LogP contribution in [-0.4, -0.2) is 36.9 Å². The van der Waals surface area contributed by atoms with Crippen molar-refractivity contribution in [3.05, 3.63) is 0 Å². The second-order valence-corrected chi connectivity index (χ2v) is 6.40. The Labute approximate surface area is 112 Å². The number of hydrogen-bond acceptors (Lipinski definition) is 3. The quantitative estimate of drug-likeness (QED) is 0.702. The molecular weight excluding hydrogens is 224 g/mol. The largest absolute Gasteiger partial charge is 0.389 e. The molecule has 0 aromatic rings. The number of rotatable bonds is 5. The Hall–Kier alpha value is -0.120. The van der Waals surface area contributed by atoms with Crippen molar-refractivity contribution in [1.29, 1.82) is 0 Å². The molecule has 3 nitrogen and oxygen atoms in total. The molecule has 0 amide bonds. The normalized spacial score (nSPS) is 34.7. The average molecular weight is 254 g/mol. The molecule has 2 aliphatic rings. The van der Waals surface area contributed by atoms with E-state index in [1.807, 2.05) is 0 Å². The van der Waals surface area contributed by atoms with E-state index in [-0.39, 0.29) is 0 Å². The maximum atomic E-state index is 10.5. The minimum atomic E-state index is -0.418. The lowest BCUT2D eigenvalue weighted by Gasteiger charge is -2.36. The fourth-order valence-electron chi connectivity index (χ4n) is 3.39. The standard InChI is InChI=1S/C15H30N2O/c1-2-13-3-7-15(18,8-4-13)12-17-11-14-5-9-16-10-6-14/h13-14,16-18H,2-12H2,1H3.